The molecule has 0 aliphatic carbocycles. The van der Waals surface area contributed by atoms with Gasteiger partial charge in [-0.05, 0) is 62.9 Å². The van der Waals surface area contributed by atoms with Crippen molar-refractivity contribution in [2.24, 2.45) is 0 Å². The summed E-state index contributed by atoms with van der Waals surface area (Å²) < 4.78 is 5.17. The van der Waals surface area contributed by atoms with E-state index in [1.165, 1.54) is 22.7 Å². The van der Waals surface area contributed by atoms with Crippen LogP contribution in [0.25, 0.3) is 0 Å². The number of nitrogens with two attached hydrogens (primary N) is 1. The van der Waals surface area contributed by atoms with E-state index in [0.29, 0.717) is 11.4 Å². The molecule has 3 rings (SSSR count). The molecule has 0 aromatic heterocycles. The minimum Gasteiger partial charge on any atom is -0.483 e. The van der Waals surface area contributed by atoms with Crippen molar-refractivity contribution in [1.29, 1.82) is 0 Å². The SMILES string of the molecule is Cc1cc(N)cc(C)c1OCC(=O)N[C@@H](Cc1ccccc1)[C@H](O)C(=O)N1CSC(C)(C)[C@H]1C(=O)NC/C=C\CO. The number of nitrogens with zero attached hydrogens (tertiary/aromatic N) is 1. The topological polar surface area (TPSA) is 154 Å². The summed E-state index contributed by atoms with van der Waals surface area (Å²) >= 11 is 1.43. The average molecular weight is 585 g/mol. The summed E-state index contributed by atoms with van der Waals surface area (Å²) in [6.07, 6.45) is 1.71. The van der Waals surface area contributed by atoms with Gasteiger partial charge in [-0.1, -0.05) is 42.5 Å². The standard InChI is InChI=1S/C30H40N4O6S/c1-19-14-22(31)15-20(2)26(19)40-17-24(36)33-23(16-21-10-6-5-7-11-21)25(37)29(39)34-18-41-30(3,4)27(34)28(38)32-12-8-9-13-35/h5-11,14-15,23,25,27,35,37H,12-13,16-18,31H2,1-4H3,(H,32,38)(H,33,36)/b9-8-/t23-,25-,27+/m0/s1. The number of carbonyl (C=O) groups excluding carboxylic acids is 3. The summed E-state index contributed by atoms with van der Waals surface area (Å²) in [5.74, 6) is -0.770. The number of anilines is 1. The minimum atomic E-state index is -1.61. The Morgan fingerprint density at radius 1 is 1.17 bits per heavy atom. The van der Waals surface area contributed by atoms with Gasteiger partial charge in [0, 0.05) is 17.0 Å². The fraction of sp³-hybridized carbons (Fsp3) is 0.433. The molecule has 6 N–H and O–H groups in total. The molecular weight excluding hydrogens is 544 g/mol. The number of hydrogen-bond acceptors (Lipinski definition) is 8. The van der Waals surface area contributed by atoms with E-state index >= 15 is 0 Å². The third-order valence-electron chi connectivity index (χ3n) is 6.85. The first-order valence-corrected chi connectivity index (χ1v) is 14.4. The van der Waals surface area contributed by atoms with E-state index in [1.807, 2.05) is 58.0 Å². The Kier molecular flexibility index (Phi) is 11.2. The summed E-state index contributed by atoms with van der Waals surface area (Å²) in [5, 5.41) is 25.8. The van der Waals surface area contributed by atoms with Crippen LogP contribution < -0.4 is 21.1 Å². The van der Waals surface area contributed by atoms with E-state index in [4.69, 9.17) is 15.6 Å². The molecule has 3 atom stereocenters. The van der Waals surface area contributed by atoms with E-state index in [9.17, 15) is 19.5 Å². The highest BCUT2D eigenvalue weighted by Gasteiger charge is 2.49. The molecule has 1 aliphatic rings. The molecule has 1 heterocycles. The van der Waals surface area contributed by atoms with Gasteiger partial charge >= 0.3 is 0 Å². The van der Waals surface area contributed by atoms with Crippen molar-refractivity contribution >= 4 is 35.2 Å². The first kappa shape index (κ1) is 32.0. The molecule has 0 spiro atoms. The Hall–Kier alpha value is -3.54. The van der Waals surface area contributed by atoms with Crippen molar-refractivity contribution < 1.29 is 29.3 Å². The Morgan fingerprint density at radius 2 is 1.83 bits per heavy atom. The van der Waals surface area contributed by atoms with Crippen LogP contribution in [-0.2, 0) is 20.8 Å². The van der Waals surface area contributed by atoms with Crippen LogP contribution in [0.4, 0.5) is 5.69 Å². The van der Waals surface area contributed by atoms with Gasteiger partial charge in [0.05, 0.1) is 18.5 Å². The first-order chi connectivity index (χ1) is 19.4. The summed E-state index contributed by atoms with van der Waals surface area (Å²) in [5.41, 5.74) is 8.87. The van der Waals surface area contributed by atoms with Crippen molar-refractivity contribution in [3.63, 3.8) is 0 Å². The Morgan fingerprint density at radius 3 is 2.46 bits per heavy atom. The Bertz CT molecular complexity index is 1230. The average Bonchev–Trinajstić information content (AvgIpc) is 3.24. The summed E-state index contributed by atoms with van der Waals surface area (Å²) in [7, 11) is 0. The molecule has 2 aromatic rings. The molecular formula is C30H40N4O6S. The van der Waals surface area contributed by atoms with Crippen molar-refractivity contribution in [2.45, 2.75) is 57.1 Å². The monoisotopic (exact) mass is 584 g/mol. The van der Waals surface area contributed by atoms with E-state index in [1.54, 1.807) is 18.2 Å². The maximum atomic E-state index is 13.7. The second-order valence-corrected chi connectivity index (χ2v) is 12.2. The highest BCUT2D eigenvalue weighted by atomic mass is 32.2. The van der Waals surface area contributed by atoms with Crippen LogP contribution in [0.1, 0.15) is 30.5 Å². The number of rotatable bonds is 12. The lowest BCUT2D eigenvalue weighted by molar-refractivity contribution is -0.147. The molecule has 0 bridgehead atoms. The predicted octanol–water partition coefficient (Wildman–Crippen LogP) is 1.70. The van der Waals surface area contributed by atoms with Gasteiger partial charge < -0.3 is 36.2 Å². The predicted molar refractivity (Wildman–Crippen MR) is 160 cm³/mol. The van der Waals surface area contributed by atoms with Crippen LogP contribution in [0.2, 0.25) is 0 Å². The lowest BCUT2D eigenvalue weighted by Gasteiger charge is -2.33. The van der Waals surface area contributed by atoms with Crippen molar-refractivity contribution in [3.05, 3.63) is 71.3 Å². The van der Waals surface area contributed by atoms with Crippen LogP contribution in [0.15, 0.2) is 54.6 Å². The van der Waals surface area contributed by atoms with Gasteiger partial charge in [-0.15, -0.1) is 11.8 Å². The second-order valence-electron chi connectivity index (χ2n) is 10.6. The number of ether oxygens (including phenoxy) is 1. The smallest absolute Gasteiger partial charge is 0.258 e. The molecule has 1 aliphatic heterocycles. The zero-order chi connectivity index (χ0) is 30.2. The van der Waals surface area contributed by atoms with Gasteiger partial charge in [-0.2, -0.15) is 0 Å². The number of nitrogen functional groups attached to an aromatic ring is 1. The number of aliphatic hydroxyl groups excluding tert-OH is 2. The second kappa shape index (κ2) is 14.4. The Labute approximate surface area is 245 Å². The molecule has 41 heavy (non-hydrogen) atoms. The van der Waals surface area contributed by atoms with Crippen LogP contribution in [-0.4, -0.2) is 81.4 Å². The molecule has 1 fully saturated rings. The van der Waals surface area contributed by atoms with Gasteiger partial charge in [0.15, 0.2) is 12.7 Å². The number of carbonyl (C=O) groups is 3. The number of aliphatic hydroxyl groups is 2. The van der Waals surface area contributed by atoms with Crippen LogP contribution >= 0.6 is 11.8 Å². The molecule has 0 radical (unpaired) electrons. The molecule has 10 nitrogen and oxygen atoms in total. The molecule has 222 valence electrons. The van der Waals surface area contributed by atoms with Crippen LogP contribution in [0.5, 0.6) is 5.75 Å². The molecule has 3 amide bonds. The van der Waals surface area contributed by atoms with Gasteiger partial charge in [-0.25, -0.2) is 0 Å². The highest BCUT2D eigenvalue weighted by molar-refractivity contribution is 8.00. The molecule has 11 heteroatoms. The molecule has 0 unspecified atom stereocenters. The quantitative estimate of drug-likeness (QED) is 0.187. The summed E-state index contributed by atoms with van der Waals surface area (Å²) in [6.45, 7) is 7.14. The maximum absolute atomic E-state index is 13.7. The van der Waals surface area contributed by atoms with Gasteiger partial charge in [0.2, 0.25) is 5.91 Å². The summed E-state index contributed by atoms with van der Waals surface area (Å²) in [6, 6.07) is 10.9. The number of thioether (sulfide) groups is 1. The number of hydrogen-bond donors (Lipinski definition) is 5. The third-order valence-corrected chi connectivity index (χ3v) is 8.23. The van der Waals surface area contributed by atoms with Gasteiger partial charge in [0.25, 0.3) is 11.8 Å². The van der Waals surface area contributed by atoms with Crippen molar-refractivity contribution in [1.82, 2.24) is 15.5 Å². The van der Waals surface area contributed by atoms with E-state index in [0.717, 1.165) is 16.7 Å². The van der Waals surface area contributed by atoms with Gasteiger partial charge in [0.1, 0.15) is 11.8 Å². The van der Waals surface area contributed by atoms with Crippen molar-refractivity contribution in [2.75, 3.05) is 31.4 Å². The fourth-order valence-electron chi connectivity index (χ4n) is 4.88. The lowest BCUT2D eigenvalue weighted by Crippen LogP contribution is -2.59. The number of nitrogens with one attached hydrogen (secondary N) is 2. The molecule has 1 saturated heterocycles. The molecule has 2 aromatic carbocycles. The lowest BCUT2D eigenvalue weighted by atomic mass is 9.97. The third kappa shape index (κ3) is 8.48. The Balaban J connectivity index is 1.77. The fourth-order valence-corrected chi connectivity index (χ4v) is 6.02. The van der Waals surface area contributed by atoms with Gasteiger partial charge in [-0.3, -0.25) is 14.4 Å². The normalized spacial score (nSPS) is 17.7. The number of benzene rings is 2. The van der Waals surface area contributed by atoms with E-state index < -0.39 is 34.7 Å². The van der Waals surface area contributed by atoms with Crippen LogP contribution in [0, 0.1) is 13.8 Å². The molecule has 0 saturated carbocycles. The van der Waals surface area contributed by atoms with E-state index in [-0.39, 0.29) is 38.0 Å². The zero-order valence-electron chi connectivity index (χ0n) is 23.9. The van der Waals surface area contributed by atoms with Crippen molar-refractivity contribution in [3.8, 4) is 5.75 Å². The van der Waals surface area contributed by atoms with Crippen LogP contribution in [0.3, 0.4) is 0 Å². The number of amides is 3. The summed E-state index contributed by atoms with van der Waals surface area (Å²) in [4.78, 5) is 41.2. The first-order valence-electron chi connectivity index (χ1n) is 13.4. The van der Waals surface area contributed by atoms with E-state index in [2.05, 4.69) is 10.6 Å². The maximum Gasteiger partial charge on any atom is 0.258 e. The minimum absolute atomic E-state index is 0.143. The highest BCUT2D eigenvalue weighted by Crippen LogP contribution is 2.39. The zero-order valence-corrected chi connectivity index (χ0v) is 24.7. The number of aryl methyl sites for hydroxylation is 2. The largest absolute Gasteiger partial charge is 0.483 e.